The van der Waals surface area contributed by atoms with E-state index in [2.05, 4.69) is 22.4 Å². The SMILES string of the molecule is CCN=C1Nc2ccc(Cl)cc2C(C)(c2ccccc2)O1.O=C(O)C(O)C(O)C(=O)O. The quantitative estimate of drug-likeness (QED) is 0.466. The molecule has 166 valence electrons. The number of rotatable bonds is 5. The van der Waals surface area contributed by atoms with E-state index in [0.717, 1.165) is 16.8 Å². The van der Waals surface area contributed by atoms with Crippen molar-refractivity contribution in [3.8, 4) is 0 Å². The van der Waals surface area contributed by atoms with Gasteiger partial charge in [0, 0.05) is 22.8 Å². The number of amidine groups is 1. The summed E-state index contributed by atoms with van der Waals surface area (Å²) in [5.41, 5.74) is 2.44. The molecule has 0 aromatic heterocycles. The van der Waals surface area contributed by atoms with Gasteiger partial charge in [-0.25, -0.2) is 14.6 Å². The number of aliphatic carboxylic acids is 2. The van der Waals surface area contributed by atoms with Crippen molar-refractivity contribution in [2.75, 3.05) is 11.9 Å². The number of halogens is 1. The number of hydrogen-bond acceptors (Lipinski definition) is 6. The molecule has 0 fully saturated rings. The highest BCUT2D eigenvalue weighted by Gasteiger charge is 2.38. The van der Waals surface area contributed by atoms with Crippen LogP contribution < -0.4 is 5.32 Å². The number of aliphatic imine (C=N–C) groups is 1. The van der Waals surface area contributed by atoms with Gasteiger partial charge in [-0.3, -0.25) is 0 Å². The van der Waals surface area contributed by atoms with Gasteiger partial charge in [-0.15, -0.1) is 0 Å². The number of ether oxygens (including phenoxy) is 1. The molecule has 3 atom stereocenters. The van der Waals surface area contributed by atoms with Gasteiger partial charge in [-0.2, -0.15) is 0 Å². The van der Waals surface area contributed by atoms with Crippen molar-refractivity contribution >= 4 is 35.2 Å². The van der Waals surface area contributed by atoms with Crippen LogP contribution in [0.4, 0.5) is 5.69 Å². The van der Waals surface area contributed by atoms with E-state index in [1.165, 1.54) is 0 Å². The highest BCUT2D eigenvalue weighted by molar-refractivity contribution is 6.30. The van der Waals surface area contributed by atoms with Gasteiger partial charge < -0.3 is 30.5 Å². The number of nitrogens with zero attached hydrogens (tertiary/aromatic N) is 1. The van der Waals surface area contributed by atoms with Gasteiger partial charge in [0.25, 0.3) is 6.02 Å². The molecule has 31 heavy (non-hydrogen) atoms. The normalized spacial score (nSPS) is 20.2. The lowest BCUT2D eigenvalue weighted by Gasteiger charge is -2.38. The number of benzene rings is 2. The van der Waals surface area contributed by atoms with E-state index < -0.39 is 29.7 Å². The van der Waals surface area contributed by atoms with Crippen LogP contribution in [0.1, 0.15) is 25.0 Å². The van der Waals surface area contributed by atoms with E-state index in [9.17, 15) is 9.59 Å². The molecular weight excluding hydrogens is 428 g/mol. The molecule has 2 aromatic carbocycles. The van der Waals surface area contributed by atoms with Crippen LogP contribution in [0.15, 0.2) is 53.5 Å². The molecule has 3 rings (SSSR count). The first-order valence-electron chi connectivity index (χ1n) is 9.28. The molecule has 1 aliphatic rings. The second-order valence-corrected chi connectivity index (χ2v) is 7.10. The van der Waals surface area contributed by atoms with E-state index in [1.54, 1.807) is 0 Å². The van der Waals surface area contributed by atoms with Crippen molar-refractivity contribution in [3.05, 3.63) is 64.7 Å². The Morgan fingerprint density at radius 2 is 1.68 bits per heavy atom. The highest BCUT2D eigenvalue weighted by atomic mass is 35.5. The topological polar surface area (TPSA) is 149 Å². The Hall–Kier alpha value is -3.14. The summed E-state index contributed by atoms with van der Waals surface area (Å²) in [4.78, 5) is 23.9. The van der Waals surface area contributed by atoms with Gasteiger partial charge >= 0.3 is 11.9 Å². The van der Waals surface area contributed by atoms with Crippen LogP contribution in [0.3, 0.4) is 0 Å². The number of nitrogens with one attached hydrogen (secondary N) is 1. The minimum atomic E-state index is -2.27. The smallest absolute Gasteiger partial charge is 0.335 e. The predicted octanol–water partition coefficient (Wildman–Crippen LogP) is 2.30. The molecular formula is C21H23ClN2O7. The number of carboxylic acids is 2. The predicted molar refractivity (Wildman–Crippen MR) is 114 cm³/mol. The lowest BCUT2D eigenvalue weighted by atomic mass is 9.86. The monoisotopic (exact) mass is 450 g/mol. The fraction of sp³-hybridized carbons (Fsp3) is 0.286. The van der Waals surface area contributed by atoms with Crippen molar-refractivity contribution in [3.63, 3.8) is 0 Å². The fourth-order valence-corrected chi connectivity index (χ4v) is 3.04. The van der Waals surface area contributed by atoms with Crippen molar-refractivity contribution < 1.29 is 34.8 Å². The summed E-state index contributed by atoms with van der Waals surface area (Å²) in [6.45, 7) is 4.69. The third-order valence-electron chi connectivity index (χ3n) is 4.47. The molecule has 0 aliphatic carbocycles. The van der Waals surface area contributed by atoms with Crippen LogP contribution in [0.5, 0.6) is 0 Å². The van der Waals surface area contributed by atoms with Crippen molar-refractivity contribution in [1.82, 2.24) is 0 Å². The average Bonchev–Trinajstić information content (AvgIpc) is 2.74. The summed E-state index contributed by atoms with van der Waals surface area (Å²) in [7, 11) is 0. The molecule has 3 unspecified atom stereocenters. The lowest BCUT2D eigenvalue weighted by molar-refractivity contribution is -0.165. The largest absolute Gasteiger partial charge is 0.479 e. The van der Waals surface area contributed by atoms with Gasteiger partial charge in [0.05, 0.1) is 0 Å². The highest BCUT2D eigenvalue weighted by Crippen LogP contribution is 2.41. The zero-order valence-electron chi connectivity index (χ0n) is 16.8. The zero-order chi connectivity index (χ0) is 23.2. The molecule has 0 saturated heterocycles. The summed E-state index contributed by atoms with van der Waals surface area (Å²) in [6, 6.07) is 16.4. The maximum absolute atomic E-state index is 9.77. The molecule has 2 aromatic rings. The van der Waals surface area contributed by atoms with Gasteiger partial charge in [0.1, 0.15) is 0 Å². The molecule has 1 heterocycles. The van der Waals surface area contributed by atoms with Gasteiger partial charge in [-0.1, -0.05) is 41.9 Å². The number of carbonyl (C=O) groups is 2. The van der Waals surface area contributed by atoms with E-state index in [1.807, 2.05) is 50.2 Å². The summed E-state index contributed by atoms with van der Waals surface area (Å²) in [5, 5.41) is 36.4. The molecule has 0 spiro atoms. The average molecular weight is 451 g/mol. The number of aliphatic hydroxyl groups excluding tert-OH is 2. The number of hydrogen-bond donors (Lipinski definition) is 5. The maximum atomic E-state index is 9.77. The second kappa shape index (κ2) is 10.3. The van der Waals surface area contributed by atoms with Crippen LogP contribution in [-0.2, 0) is 19.9 Å². The molecule has 1 aliphatic heterocycles. The number of anilines is 1. The van der Waals surface area contributed by atoms with Crippen molar-refractivity contribution in [2.24, 2.45) is 4.99 Å². The summed E-state index contributed by atoms with van der Waals surface area (Å²) in [5.74, 6) is -3.54. The minimum absolute atomic E-state index is 0.540. The van der Waals surface area contributed by atoms with E-state index in [-0.39, 0.29) is 0 Å². The Morgan fingerprint density at radius 3 is 2.19 bits per heavy atom. The molecule has 0 radical (unpaired) electrons. The van der Waals surface area contributed by atoms with Crippen LogP contribution in [0.25, 0.3) is 0 Å². The second-order valence-electron chi connectivity index (χ2n) is 6.66. The lowest BCUT2D eigenvalue weighted by Crippen LogP contribution is -2.39. The van der Waals surface area contributed by atoms with Crippen LogP contribution >= 0.6 is 11.6 Å². The molecule has 5 N–H and O–H groups in total. The van der Waals surface area contributed by atoms with Crippen molar-refractivity contribution in [1.29, 1.82) is 0 Å². The van der Waals surface area contributed by atoms with Crippen LogP contribution in [-0.4, -0.2) is 57.1 Å². The van der Waals surface area contributed by atoms with E-state index >= 15 is 0 Å². The third-order valence-corrected chi connectivity index (χ3v) is 4.70. The molecule has 0 amide bonds. The summed E-state index contributed by atoms with van der Waals surface area (Å²) < 4.78 is 6.16. The standard InChI is InChI=1S/C17H17ClN2O.C4H6O6/c1-3-19-16-20-15-10-9-13(18)11-14(15)17(2,21-16)12-7-5-4-6-8-12;5-1(3(7)8)2(6)4(9)10/h4-11H,3H2,1-2H3,(H,19,20);1-2,5-6H,(H,7,8)(H,9,10). The summed E-state index contributed by atoms with van der Waals surface area (Å²) in [6.07, 6.45) is -4.53. The Kier molecular flexibility index (Phi) is 7.98. The number of aliphatic hydroxyl groups is 2. The maximum Gasteiger partial charge on any atom is 0.335 e. The van der Waals surface area contributed by atoms with Crippen LogP contribution in [0, 0.1) is 0 Å². The zero-order valence-corrected chi connectivity index (χ0v) is 17.6. The van der Waals surface area contributed by atoms with Gasteiger partial charge in [-0.05, 0) is 37.6 Å². The van der Waals surface area contributed by atoms with Crippen molar-refractivity contribution in [2.45, 2.75) is 31.7 Å². The van der Waals surface area contributed by atoms with Gasteiger partial charge in [0.2, 0.25) is 0 Å². The molecule has 9 nitrogen and oxygen atoms in total. The Morgan fingerprint density at radius 1 is 1.10 bits per heavy atom. The Balaban J connectivity index is 0.000000291. The molecule has 10 heteroatoms. The number of fused-ring (bicyclic) bond motifs is 1. The van der Waals surface area contributed by atoms with E-state index in [0.29, 0.717) is 17.6 Å². The minimum Gasteiger partial charge on any atom is -0.479 e. The first-order chi connectivity index (χ1) is 14.6. The number of carboxylic acid groups (broad SMARTS) is 2. The fourth-order valence-electron chi connectivity index (χ4n) is 2.87. The Labute approximate surface area is 183 Å². The Bertz CT molecular complexity index is 949. The van der Waals surface area contributed by atoms with E-state index in [4.69, 9.17) is 36.8 Å². The first-order valence-corrected chi connectivity index (χ1v) is 9.65. The summed E-state index contributed by atoms with van der Waals surface area (Å²) >= 11 is 6.18. The third kappa shape index (κ3) is 5.72. The first kappa shape index (κ1) is 24.1. The molecule has 0 saturated carbocycles. The van der Waals surface area contributed by atoms with Gasteiger partial charge in [0.15, 0.2) is 17.8 Å². The van der Waals surface area contributed by atoms with Crippen LogP contribution in [0.2, 0.25) is 5.02 Å². The molecule has 0 bridgehead atoms.